The predicted molar refractivity (Wildman–Crippen MR) is 74.8 cm³/mol. The number of likely N-dealkylation sites (tertiary alicyclic amines) is 1. The number of halogens is 2. The molecule has 0 aromatic heterocycles. The van der Waals surface area contributed by atoms with Crippen LogP contribution in [0.15, 0.2) is 12.2 Å². The van der Waals surface area contributed by atoms with Crippen LogP contribution in [0.5, 0.6) is 0 Å². The largest absolute Gasteiger partial charge is 0.299 e. The SMILES string of the molecule is O=C(/C=C/CN1CCCC(I)C1)NI. The predicted octanol–water partition coefficient (Wildman–Crippen LogP) is 1.91. The minimum atomic E-state index is -0.0337. The molecule has 3 nitrogen and oxygen atoms in total. The van der Waals surface area contributed by atoms with E-state index in [0.717, 1.165) is 23.6 Å². The molecular formula is C9H14I2N2O. The Morgan fingerprint density at radius 2 is 2.43 bits per heavy atom. The summed E-state index contributed by atoms with van der Waals surface area (Å²) in [5.74, 6) is -0.0337. The van der Waals surface area contributed by atoms with Crippen molar-refractivity contribution in [3.05, 3.63) is 12.2 Å². The van der Waals surface area contributed by atoms with Crippen LogP contribution in [0.25, 0.3) is 0 Å². The molecule has 14 heavy (non-hydrogen) atoms. The molecule has 80 valence electrons. The fourth-order valence-electron chi connectivity index (χ4n) is 1.51. The average molecular weight is 420 g/mol. The van der Waals surface area contributed by atoms with Crippen molar-refractivity contribution < 1.29 is 4.79 Å². The van der Waals surface area contributed by atoms with Gasteiger partial charge >= 0.3 is 0 Å². The van der Waals surface area contributed by atoms with Crippen LogP contribution in [-0.4, -0.2) is 34.4 Å². The zero-order valence-electron chi connectivity index (χ0n) is 7.88. The van der Waals surface area contributed by atoms with E-state index in [2.05, 4.69) is 31.0 Å². The zero-order valence-corrected chi connectivity index (χ0v) is 12.2. The fraction of sp³-hybridized carbons (Fsp3) is 0.667. The van der Waals surface area contributed by atoms with Gasteiger partial charge in [0.25, 0.3) is 5.91 Å². The molecule has 0 spiro atoms. The highest BCUT2D eigenvalue weighted by Crippen LogP contribution is 2.16. The third-order valence-electron chi connectivity index (χ3n) is 2.17. The summed E-state index contributed by atoms with van der Waals surface area (Å²) < 4.78 is 3.31. The van der Waals surface area contributed by atoms with Gasteiger partial charge in [-0.05, 0) is 19.4 Å². The molecule has 1 atom stereocenters. The summed E-state index contributed by atoms with van der Waals surface area (Å²) in [5, 5.41) is 0. The van der Waals surface area contributed by atoms with Crippen molar-refractivity contribution in [1.29, 1.82) is 0 Å². The van der Waals surface area contributed by atoms with Crippen LogP contribution in [0.1, 0.15) is 12.8 Å². The number of nitrogens with one attached hydrogen (secondary N) is 1. The molecule has 1 amide bonds. The first-order chi connectivity index (χ1) is 6.72. The Morgan fingerprint density at radius 1 is 1.64 bits per heavy atom. The van der Waals surface area contributed by atoms with E-state index in [1.807, 2.05) is 28.9 Å². The highest BCUT2D eigenvalue weighted by Gasteiger charge is 2.15. The fourth-order valence-corrected chi connectivity index (χ4v) is 2.68. The lowest BCUT2D eigenvalue weighted by Gasteiger charge is -2.28. The molecule has 1 heterocycles. The second-order valence-electron chi connectivity index (χ2n) is 3.36. The van der Waals surface area contributed by atoms with Crippen LogP contribution in [0.3, 0.4) is 0 Å². The highest BCUT2D eigenvalue weighted by molar-refractivity contribution is 14.1. The number of amides is 1. The summed E-state index contributed by atoms with van der Waals surface area (Å²) in [6.45, 7) is 3.20. The Balaban J connectivity index is 2.23. The number of carbonyl (C=O) groups is 1. The number of carbonyl (C=O) groups excluding carboxylic acids is 1. The second-order valence-corrected chi connectivity index (χ2v) is 5.66. The summed E-state index contributed by atoms with van der Waals surface area (Å²) in [6, 6.07) is 0. The minimum Gasteiger partial charge on any atom is -0.299 e. The van der Waals surface area contributed by atoms with Crippen molar-refractivity contribution in [1.82, 2.24) is 8.43 Å². The summed E-state index contributed by atoms with van der Waals surface area (Å²) in [6.07, 6.45) is 6.14. The van der Waals surface area contributed by atoms with Gasteiger partial charge in [-0.3, -0.25) is 13.2 Å². The van der Waals surface area contributed by atoms with Gasteiger partial charge in [0.15, 0.2) is 0 Å². The van der Waals surface area contributed by atoms with Gasteiger partial charge in [-0.15, -0.1) is 0 Å². The molecule has 0 aromatic rings. The van der Waals surface area contributed by atoms with Gasteiger partial charge in [0.05, 0.1) is 22.9 Å². The maximum atomic E-state index is 10.9. The van der Waals surface area contributed by atoms with Gasteiger partial charge < -0.3 is 0 Å². The normalized spacial score (nSPS) is 24.0. The van der Waals surface area contributed by atoms with Crippen molar-refractivity contribution in [2.24, 2.45) is 0 Å². The summed E-state index contributed by atoms with van der Waals surface area (Å²) in [4.78, 5) is 13.3. The van der Waals surface area contributed by atoms with Crippen LogP contribution in [0.2, 0.25) is 0 Å². The van der Waals surface area contributed by atoms with Crippen LogP contribution < -0.4 is 3.53 Å². The average Bonchev–Trinajstić information content (AvgIpc) is 2.17. The standard InChI is InChI=1S/C9H14I2N2O/c10-8-3-1-5-13(7-8)6-2-4-9(14)12-11/h2,4,8H,1,3,5-7H2,(H,12,14)/b4-2+. The topological polar surface area (TPSA) is 32.3 Å². The Hall–Kier alpha value is 0.630. The molecule has 1 unspecified atom stereocenters. The first-order valence-corrected chi connectivity index (χ1v) is 6.98. The molecule has 0 aliphatic carbocycles. The number of piperidine rings is 1. The third-order valence-corrected chi connectivity index (χ3v) is 3.72. The first-order valence-electron chi connectivity index (χ1n) is 4.66. The van der Waals surface area contributed by atoms with E-state index in [1.54, 1.807) is 6.08 Å². The Labute approximate surface area is 112 Å². The molecule has 0 bridgehead atoms. The Morgan fingerprint density at radius 3 is 3.07 bits per heavy atom. The lowest BCUT2D eigenvalue weighted by Crippen LogP contribution is -2.35. The van der Waals surface area contributed by atoms with Gasteiger partial charge in [0.1, 0.15) is 0 Å². The van der Waals surface area contributed by atoms with E-state index >= 15 is 0 Å². The van der Waals surface area contributed by atoms with E-state index in [1.165, 1.54) is 12.8 Å². The van der Waals surface area contributed by atoms with Crippen LogP contribution >= 0.6 is 45.5 Å². The number of rotatable bonds is 3. The molecular weight excluding hydrogens is 406 g/mol. The molecule has 1 N–H and O–H groups in total. The number of hydrogen-bond acceptors (Lipinski definition) is 2. The molecule has 5 heteroatoms. The van der Waals surface area contributed by atoms with Crippen molar-refractivity contribution in [2.45, 2.75) is 16.8 Å². The van der Waals surface area contributed by atoms with E-state index in [0.29, 0.717) is 0 Å². The highest BCUT2D eigenvalue weighted by atomic mass is 127. The summed E-state index contributed by atoms with van der Waals surface area (Å²) in [7, 11) is 0. The molecule has 1 rings (SSSR count). The van der Waals surface area contributed by atoms with Crippen LogP contribution in [0, 0.1) is 0 Å². The number of alkyl halides is 1. The van der Waals surface area contributed by atoms with Crippen LogP contribution in [0.4, 0.5) is 0 Å². The first kappa shape index (κ1) is 12.7. The zero-order chi connectivity index (χ0) is 10.4. The van der Waals surface area contributed by atoms with E-state index in [-0.39, 0.29) is 5.91 Å². The van der Waals surface area contributed by atoms with Crippen molar-refractivity contribution in [2.75, 3.05) is 19.6 Å². The molecule has 0 aromatic carbocycles. The number of hydrogen-bond donors (Lipinski definition) is 1. The molecule has 1 saturated heterocycles. The van der Waals surface area contributed by atoms with E-state index in [4.69, 9.17) is 0 Å². The van der Waals surface area contributed by atoms with Gasteiger partial charge in [0, 0.05) is 23.1 Å². The summed E-state index contributed by atoms with van der Waals surface area (Å²) >= 11 is 4.34. The quantitative estimate of drug-likeness (QED) is 0.328. The van der Waals surface area contributed by atoms with E-state index < -0.39 is 0 Å². The maximum absolute atomic E-state index is 10.9. The third kappa shape index (κ3) is 4.92. The molecule has 1 fully saturated rings. The Bertz CT molecular complexity index is 221. The smallest absolute Gasteiger partial charge is 0.252 e. The lowest BCUT2D eigenvalue weighted by atomic mass is 10.1. The maximum Gasteiger partial charge on any atom is 0.252 e. The van der Waals surface area contributed by atoms with Crippen LogP contribution in [-0.2, 0) is 4.79 Å². The molecule has 0 saturated carbocycles. The molecule has 1 aliphatic heterocycles. The van der Waals surface area contributed by atoms with Gasteiger partial charge in [-0.1, -0.05) is 28.7 Å². The number of nitrogens with zero attached hydrogens (tertiary/aromatic N) is 1. The Kier molecular flexibility index (Phi) is 6.34. The van der Waals surface area contributed by atoms with Crippen molar-refractivity contribution in [3.8, 4) is 0 Å². The van der Waals surface area contributed by atoms with Crippen molar-refractivity contribution >= 4 is 51.4 Å². The van der Waals surface area contributed by atoms with E-state index in [9.17, 15) is 4.79 Å². The summed E-state index contributed by atoms with van der Waals surface area (Å²) in [5.41, 5.74) is 0. The second kappa shape index (κ2) is 7.00. The van der Waals surface area contributed by atoms with Gasteiger partial charge in [-0.2, -0.15) is 0 Å². The molecule has 0 radical (unpaired) electrons. The molecule has 1 aliphatic rings. The van der Waals surface area contributed by atoms with Gasteiger partial charge in [-0.25, -0.2) is 0 Å². The minimum absolute atomic E-state index is 0.0337. The lowest BCUT2D eigenvalue weighted by molar-refractivity contribution is -0.114. The van der Waals surface area contributed by atoms with Gasteiger partial charge in [0.2, 0.25) is 0 Å². The monoisotopic (exact) mass is 420 g/mol. The van der Waals surface area contributed by atoms with Crippen molar-refractivity contribution in [3.63, 3.8) is 0 Å².